The highest BCUT2D eigenvalue weighted by Crippen LogP contribution is 2.14. The molecular weight excluding hydrogens is 216 g/mol. The molecule has 1 saturated heterocycles. The summed E-state index contributed by atoms with van der Waals surface area (Å²) in [5, 5.41) is 0. The lowest BCUT2D eigenvalue weighted by atomic mass is 10.1. The monoisotopic (exact) mass is 240 g/mol. The molecule has 0 radical (unpaired) electrons. The van der Waals surface area contributed by atoms with Crippen molar-refractivity contribution in [3.8, 4) is 0 Å². The number of carbonyl (C=O) groups excluding carboxylic acids is 1. The highest BCUT2D eigenvalue weighted by atomic mass is 16.5. The first-order valence-electron chi connectivity index (χ1n) is 6.39. The van der Waals surface area contributed by atoms with Crippen LogP contribution < -0.4 is 5.73 Å². The van der Waals surface area contributed by atoms with Gasteiger partial charge in [-0.25, -0.2) is 0 Å². The average molecular weight is 240 g/mol. The predicted molar refractivity (Wildman–Crippen MR) is 68.7 cm³/mol. The summed E-state index contributed by atoms with van der Waals surface area (Å²) >= 11 is 0. The Morgan fingerprint density at radius 3 is 2.59 bits per heavy atom. The summed E-state index contributed by atoms with van der Waals surface area (Å²) < 4.78 is 5.70. The summed E-state index contributed by atoms with van der Waals surface area (Å²) in [6, 6.07) is 0. The molecule has 0 saturated carbocycles. The van der Waals surface area contributed by atoms with Crippen LogP contribution in [-0.4, -0.2) is 43.2 Å². The van der Waals surface area contributed by atoms with Crippen LogP contribution >= 0.6 is 0 Å². The molecule has 0 unspecified atom stereocenters. The van der Waals surface area contributed by atoms with Gasteiger partial charge in [0, 0.05) is 25.8 Å². The third-order valence-corrected chi connectivity index (χ3v) is 2.87. The van der Waals surface area contributed by atoms with E-state index in [1.807, 2.05) is 18.7 Å². The summed E-state index contributed by atoms with van der Waals surface area (Å²) in [7, 11) is 0. The van der Waals surface area contributed by atoms with E-state index in [0.717, 1.165) is 44.5 Å². The summed E-state index contributed by atoms with van der Waals surface area (Å²) in [6.45, 7) is 6.91. The predicted octanol–water partition coefficient (Wildman–Crippen LogP) is 1.31. The number of nitrogens with zero attached hydrogens (tertiary/aromatic N) is 1. The Balaban J connectivity index is 2.26. The van der Waals surface area contributed by atoms with Crippen molar-refractivity contribution < 1.29 is 9.53 Å². The van der Waals surface area contributed by atoms with E-state index >= 15 is 0 Å². The lowest BCUT2D eigenvalue weighted by Crippen LogP contribution is -2.40. The molecule has 1 fully saturated rings. The number of ether oxygens (including phenoxy) is 1. The maximum Gasteiger partial charge on any atom is 0.246 e. The van der Waals surface area contributed by atoms with Crippen LogP contribution in [0.3, 0.4) is 0 Å². The van der Waals surface area contributed by atoms with Crippen molar-refractivity contribution in [1.29, 1.82) is 0 Å². The third kappa shape index (κ3) is 5.33. The quantitative estimate of drug-likeness (QED) is 0.582. The van der Waals surface area contributed by atoms with Gasteiger partial charge in [-0.2, -0.15) is 0 Å². The number of piperidine rings is 1. The minimum absolute atomic E-state index is 0.130. The molecule has 1 rings (SSSR count). The summed E-state index contributed by atoms with van der Waals surface area (Å²) in [4.78, 5) is 13.7. The first-order chi connectivity index (χ1) is 8.13. The molecular formula is C13H24N2O2. The SMILES string of the molecule is CC(C)=CC(=O)N1CCC(OCCCN)CC1. The number of likely N-dealkylation sites (tertiary alicyclic amines) is 1. The molecule has 4 heteroatoms. The van der Waals surface area contributed by atoms with Crippen molar-refractivity contribution in [3.05, 3.63) is 11.6 Å². The number of hydrogen-bond acceptors (Lipinski definition) is 3. The van der Waals surface area contributed by atoms with E-state index in [1.165, 1.54) is 0 Å². The molecule has 1 aliphatic heterocycles. The number of allylic oxidation sites excluding steroid dienone is 1. The largest absolute Gasteiger partial charge is 0.378 e. The fourth-order valence-corrected chi connectivity index (χ4v) is 1.91. The molecule has 2 N–H and O–H groups in total. The molecule has 0 aliphatic carbocycles. The van der Waals surface area contributed by atoms with Crippen LogP contribution in [-0.2, 0) is 9.53 Å². The molecule has 17 heavy (non-hydrogen) atoms. The molecule has 0 spiro atoms. The highest BCUT2D eigenvalue weighted by Gasteiger charge is 2.21. The average Bonchev–Trinajstić information content (AvgIpc) is 2.29. The lowest BCUT2D eigenvalue weighted by molar-refractivity contribution is -0.128. The Kier molecular flexibility index (Phi) is 6.22. The van der Waals surface area contributed by atoms with Gasteiger partial charge in [0.15, 0.2) is 0 Å². The van der Waals surface area contributed by atoms with Crippen LogP contribution in [0.4, 0.5) is 0 Å². The summed E-state index contributed by atoms with van der Waals surface area (Å²) in [5.74, 6) is 0.130. The van der Waals surface area contributed by atoms with Gasteiger partial charge in [-0.05, 0) is 39.7 Å². The van der Waals surface area contributed by atoms with Gasteiger partial charge >= 0.3 is 0 Å². The van der Waals surface area contributed by atoms with Crippen molar-refractivity contribution in [1.82, 2.24) is 4.90 Å². The zero-order valence-corrected chi connectivity index (χ0v) is 10.9. The van der Waals surface area contributed by atoms with Crippen molar-refractivity contribution in [2.24, 2.45) is 5.73 Å². The number of hydrogen-bond donors (Lipinski definition) is 1. The van der Waals surface area contributed by atoms with Crippen molar-refractivity contribution in [2.45, 2.75) is 39.2 Å². The number of amides is 1. The second kappa shape index (κ2) is 7.45. The van der Waals surface area contributed by atoms with Crippen LogP contribution in [0.25, 0.3) is 0 Å². The first-order valence-corrected chi connectivity index (χ1v) is 6.39. The number of carbonyl (C=O) groups is 1. The fraction of sp³-hybridized carbons (Fsp3) is 0.769. The zero-order valence-electron chi connectivity index (χ0n) is 10.9. The van der Waals surface area contributed by atoms with Gasteiger partial charge in [0.25, 0.3) is 0 Å². The van der Waals surface area contributed by atoms with Gasteiger partial charge in [-0.3, -0.25) is 4.79 Å². The Hall–Kier alpha value is -0.870. The smallest absolute Gasteiger partial charge is 0.246 e. The fourth-order valence-electron chi connectivity index (χ4n) is 1.91. The second-order valence-electron chi connectivity index (χ2n) is 4.76. The molecule has 0 aromatic heterocycles. The number of rotatable bonds is 5. The van der Waals surface area contributed by atoms with Gasteiger partial charge in [-0.15, -0.1) is 0 Å². The topological polar surface area (TPSA) is 55.6 Å². The van der Waals surface area contributed by atoms with E-state index in [0.29, 0.717) is 12.6 Å². The Bertz CT molecular complexity index is 265. The van der Waals surface area contributed by atoms with Crippen LogP contribution in [0.15, 0.2) is 11.6 Å². The molecule has 1 amide bonds. The maximum absolute atomic E-state index is 11.8. The van der Waals surface area contributed by atoms with Gasteiger partial charge < -0.3 is 15.4 Å². The van der Waals surface area contributed by atoms with Crippen LogP contribution in [0.1, 0.15) is 33.1 Å². The molecule has 98 valence electrons. The minimum Gasteiger partial charge on any atom is -0.378 e. The van der Waals surface area contributed by atoms with Crippen molar-refractivity contribution in [2.75, 3.05) is 26.2 Å². The normalized spacial score (nSPS) is 17.0. The summed E-state index contributed by atoms with van der Waals surface area (Å²) in [5.41, 5.74) is 6.47. The first kappa shape index (κ1) is 14.2. The molecule has 1 aliphatic rings. The summed E-state index contributed by atoms with van der Waals surface area (Å²) in [6.07, 6.45) is 4.80. The maximum atomic E-state index is 11.8. The van der Waals surface area contributed by atoms with Crippen LogP contribution in [0, 0.1) is 0 Å². The molecule has 0 aromatic rings. The minimum atomic E-state index is 0.130. The number of nitrogens with two attached hydrogens (primary N) is 1. The Morgan fingerprint density at radius 1 is 1.41 bits per heavy atom. The van der Waals surface area contributed by atoms with E-state index in [9.17, 15) is 4.79 Å². The van der Waals surface area contributed by atoms with E-state index in [1.54, 1.807) is 6.08 Å². The van der Waals surface area contributed by atoms with E-state index in [2.05, 4.69) is 0 Å². The van der Waals surface area contributed by atoms with Crippen molar-refractivity contribution >= 4 is 5.91 Å². The van der Waals surface area contributed by atoms with E-state index in [-0.39, 0.29) is 5.91 Å². The molecule has 4 nitrogen and oxygen atoms in total. The van der Waals surface area contributed by atoms with Gasteiger partial charge in [-0.1, -0.05) is 5.57 Å². The third-order valence-electron chi connectivity index (χ3n) is 2.87. The van der Waals surface area contributed by atoms with Gasteiger partial charge in [0.05, 0.1) is 6.10 Å². The standard InChI is InChI=1S/C13H24N2O2/c1-11(2)10-13(16)15-7-4-12(5-8-15)17-9-3-6-14/h10,12H,3-9,14H2,1-2H3. The Labute approximate surface area is 104 Å². The molecule has 1 heterocycles. The Morgan fingerprint density at radius 2 is 2.06 bits per heavy atom. The lowest BCUT2D eigenvalue weighted by Gasteiger charge is -2.31. The molecule has 0 bridgehead atoms. The molecule has 0 atom stereocenters. The molecule has 0 aromatic carbocycles. The van der Waals surface area contributed by atoms with Gasteiger partial charge in [0.1, 0.15) is 0 Å². The second-order valence-corrected chi connectivity index (χ2v) is 4.76. The zero-order chi connectivity index (χ0) is 12.7. The van der Waals surface area contributed by atoms with Gasteiger partial charge in [0.2, 0.25) is 5.91 Å². The van der Waals surface area contributed by atoms with E-state index in [4.69, 9.17) is 10.5 Å². The highest BCUT2D eigenvalue weighted by molar-refractivity contribution is 5.88. The van der Waals surface area contributed by atoms with E-state index < -0.39 is 0 Å². The van der Waals surface area contributed by atoms with Crippen molar-refractivity contribution in [3.63, 3.8) is 0 Å². The van der Waals surface area contributed by atoms with Crippen LogP contribution in [0.2, 0.25) is 0 Å². The van der Waals surface area contributed by atoms with Crippen LogP contribution in [0.5, 0.6) is 0 Å².